The average molecular weight is 533 g/mol. The van der Waals surface area contributed by atoms with Crippen molar-refractivity contribution < 1.29 is 33.7 Å². The molecular formula is C26H23N5O8. The molecule has 0 spiro atoms. The molecule has 0 aliphatic carbocycles. The molecule has 0 bridgehead atoms. The molecule has 1 amide bonds. The number of ether oxygens (including phenoxy) is 3. The lowest BCUT2D eigenvalue weighted by Gasteiger charge is -2.24. The fraction of sp³-hybridized carbons (Fsp3) is 0.231. The number of hydrogen-bond donors (Lipinski definition) is 3. The Morgan fingerprint density at radius 2 is 1.56 bits per heavy atom. The third kappa shape index (κ3) is 5.12. The predicted molar refractivity (Wildman–Crippen MR) is 135 cm³/mol. The number of aromatic nitrogens is 4. The molecule has 4 atom stereocenters. The number of imidazole rings is 1. The molecule has 2 aromatic heterocycles. The van der Waals surface area contributed by atoms with Crippen LogP contribution in [0.3, 0.4) is 0 Å². The van der Waals surface area contributed by atoms with Crippen LogP contribution in [-0.2, 0) is 19.0 Å². The molecule has 3 N–H and O–H groups in total. The number of aliphatic hydroxyl groups is 1. The van der Waals surface area contributed by atoms with Gasteiger partial charge >= 0.3 is 17.6 Å². The summed E-state index contributed by atoms with van der Waals surface area (Å²) in [5.41, 5.74) is -0.174. The van der Waals surface area contributed by atoms with E-state index >= 15 is 0 Å². The number of aromatic amines is 1. The van der Waals surface area contributed by atoms with Crippen LogP contribution in [0.4, 0.5) is 5.82 Å². The number of nitrogens with one attached hydrogen (secondary N) is 2. The number of hydrogen-bond acceptors (Lipinski definition) is 10. The zero-order chi connectivity index (χ0) is 27.5. The number of aliphatic hydroxyl groups excluding tert-OH is 1. The average Bonchev–Trinajstić information content (AvgIpc) is 3.45. The summed E-state index contributed by atoms with van der Waals surface area (Å²) in [4.78, 5) is 61.5. The number of carbonyl (C=O) groups is 3. The second kappa shape index (κ2) is 10.8. The molecule has 0 radical (unpaired) electrons. The molecule has 0 saturated carbocycles. The van der Waals surface area contributed by atoms with E-state index in [0.29, 0.717) is 0 Å². The van der Waals surface area contributed by atoms with Crippen molar-refractivity contribution >= 4 is 34.8 Å². The maximum absolute atomic E-state index is 13.1. The highest BCUT2D eigenvalue weighted by atomic mass is 16.6. The second-order valence-electron chi connectivity index (χ2n) is 8.62. The molecule has 39 heavy (non-hydrogen) atoms. The summed E-state index contributed by atoms with van der Waals surface area (Å²) in [5.74, 6) is -1.89. The van der Waals surface area contributed by atoms with Gasteiger partial charge in [-0.15, -0.1) is 0 Å². The standard InChI is InChI=1S/C26H23N5O8/c1-14(33)29-21-18-22(28-13-27-21)31(26(36)30-18)23-20(39-25(35)16-10-6-3-7-11-16)19(17(12-32)37-23)38-24(34)15-8-4-2-5-9-15/h2-11,13,17,19-20,23,32H,12H2,1H3,(H,30,36)(H,27,28,29,33)/t17-,19-,20-,23-/m1/s1. The molecule has 4 aromatic rings. The van der Waals surface area contributed by atoms with Crippen LogP contribution in [0.25, 0.3) is 11.2 Å². The van der Waals surface area contributed by atoms with Crippen LogP contribution >= 0.6 is 0 Å². The van der Waals surface area contributed by atoms with Crippen molar-refractivity contribution in [3.63, 3.8) is 0 Å². The van der Waals surface area contributed by atoms with E-state index in [4.69, 9.17) is 14.2 Å². The normalized spacial score (nSPS) is 20.5. The molecular weight excluding hydrogens is 510 g/mol. The summed E-state index contributed by atoms with van der Waals surface area (Å²) in [6, 6.07) is 16.2. The summed E-state index contributed by atoms with van der Waals surface area (Å²) >= 11 is 0. The summed E-state index contributed by atoms with van der Waals surface area (Å²) in [7, 11) is 0. The van der Waals surface area contributed by atoms with Crippen LogP contribution in [0.1, 0.15) is 33.9 Å². The second-order valence-corrected chi connectivity index (χ2v) is 8.62. The first kappa shape index (κ1) is 25.8. The van der Waals surface area contributed by atoms with Crippen molar-refractivity contribution in [2.75, 3.05) is 11.9 Å². The molecule has 200 valence electrons. The van der Waals surface area contributed by atoms with Crippen LogP contribution < -0.4 is 11.0 Å². The molecule has 2 aromatic carbocycles. The lowest BCUT2D eigenvalue weighted by Crippen LogP contribution is -2.41. The van der Waals surface area contributed by atoms with Gasteiger partial charge < -0.3 is 29.6 Å². The van der Waals surface area contributed by atoms with Gasteiger partial charge in [-0.25, -0.2) is 28.9 Å². The van der Waals surface area contributed by atoms with Gasteiger partial charge in [-0.3, -0.25) is 4.79 Å². The van der Waals surface area contributed by atoms with Gasteiger partial charge in [0.15, 0.2) is 29.9 Å². The number of H-pyrrole nitrogens is 1. The first-order valence-corrected chi connectivity index (χ1v) is 11.9. The van der Waals surface area contributed by atoms with E-state index in [9.17, 15) is 24.3 Å². The zero-order valence-corrected chi connectivity index (χ0v) is 20.5. The summed E-state index contributed by atoms with van der Waals surface area (Å²) in [6.45, 7) is 0.658. The summed E-state index contributed by atoms with van der Waals surface area (Å²) in [5, 5.41) is 12.6. The Labute approximate surface area is 220 Å². The summed E-state index contributed by atoms with van der Waals surface area (Å²) in [6.07, 6.45) is -4.07. The number of fused-ring (bicyclic) bond motifs is 1. The van der Waals surface area contributed by atoms with Gasteiger partial charge in [-0.1, -0.05) is 36.4 Å². The van der Waals surface area contributed by atoms with Gasteiger partial charge in [0.1, 0.15) is 17.9 Å². The molecule has 13 heteroatoms. The van der Waals surface area contributed by atoms with E-state index in [1.54, 1.807) is 48.5 Å². The number of amides is 1. The minimum absolute atomic E-state index is 0.0243. The third-order valence-electron chi connectivity index (χ3n) is 6.03. The highest BCUT2D eigenvalue weighted by Crippen LogP contribution is 2.36. The van der Waals surface area contributed by atoms with Crippen LogP contribution in [0, 0.1) is 0 Å². The van der Waals surface area contributed by atoms with Crippen molar-refractivity contribution in [3.8, 4) is 0 Å². The molecule has 5 rings (SSSR count). The van der Waals surface area contributed by atoms with Crippen molar-refractivity contribution in [2.45, 2.75) is 31.5 Å². The smallest absolute Gasteiger partial charge is 0.338 e. The number of benzene rings is 2. The van der Waals surface area contributed by atoms with Crippen LogP contribution in [0.15, 0.2) is 71.8 Å². The molecule has 1 saturated heterocycles. The van der Waals surface area contributed by atoms with E-state index in [1.807, 2.05) is 0 Å². The van der Waals surface area contributed by atoms with Crippen molar-refractivity contribution in [2.24, 2.45) is 0 Å². The Balaban J connectivity index is 1.57. The number of carbonyl (C=O) groups excluding carboxylic acids is 3. The minimum Gasteiger partial charge on any atom is -0.452 e. The number of anilines is 1. The van der Waals surface area contributed by atoms with E-state index < -0.39 is 54.7 Å². The van der Waals surface area contributed by atoms with Gasteiger partial charge in [0.2, 0.25) is 5.91 Å². The first-order chi connectivity index (χ1) is 18.9. The fourth-order valence-corrected chi connectivity index (χ4v) is 4.30. The van der Waals surface area contributed by atoms with Gasteiger partial charge in [-0.2, -0.15) is 0 Å². The molecule has 3 heterocycles. The third-order valence-corrected chi connectivity index (χ3v) is 6.03. The molecule has 1 aliphatic heterocycles. The van der Waals surface area contributed by atoms with Gasteiger partial charge in [0, 0.05) is 6.92 Å². The van der Waals surface area contributed by atoms with Crippen molar-refractivity contribution in [3.05, 3.63) is 88.6 Å². The highest BCUT2D eigenvalue weighted by Gasteiger charge is 2.51. The van der Waals surface area contributed by atoms with Crippen LogP contribution in [0.2, 0.25) is 0 Å². The van der Waals surface area contributed by atoms with Crippen LogP contribution in [-0.4, -0.2) is 67.4 Å². The molecule has 1 fully saturated rings. The summed E-state index contributed by atoms with van der Waals surface area (Å²) < 4.78 is 18.5. The largest absolute Gasteiger partial charge is 0.452 e. The van der Waals surface area contributed by atoms with E-state index in [2.05, 4.69) is 20.3 Å². The molecule has 0 unspecified atom stereocenters. The zero-order valence-electron chi connectivity index (χ0n) is 20.5. The van der Waals surface area contributed by atoms with Crippen molar-refractivity contribution in [1.29, 1.82) is 0 Å². The van der Waals surface area contributed by atoms with Gasteiger partial charge in [0.25, 0.3) is 0 Å². The lowest BCUT2D eigenvalue weighted by atomic mass is 10.1. The van der Waals surface area contributed by atoms with E-state index in [-0.39, 0.29) is 28.1 Å². The first-order valence-electron chi connectivity index (χ1n) is 11.9. The van der Waals surface area contributed by atoms with Crippen molar-refractivity contribution in [1.82, 2.24) is 19.5 Å². The number of esters is 2. The lowest BCUT2D eigenvalue weighted by molar-refractivity contribution is -0.114. The maximum atomic E-state index is 13.1. The SMILES string of the molecule is CC(=O)Nc1ncnc2c1[nH]c(=O)n2[C@@H]1O[C@H](CO)[C@@H](OC(=O)c2ccccc2)[C@H]1OC(=O)c1ccccc1. The predicted octanol–water partition coefficient (Wildman–Crippen LogP) is 1.42. The fourth-order valence-electron chi connectivity index (χ4n) is 4.30. The number of nitrogens with zero attached hydrogens (tertiary/aromatic N) is 3. The Morgan fingerprint density at radius 1 is 0.974 bits per heavy atom. The maximum Gasteiger partial charge on any atom is 0.338 e. The molecule has 1 aliphatic rings. The minimum atomic E-state index is -1.38. The molecule has 13 nitrogen and oxygen atoms in total. The van der Waals surface area contributed by atoms with Gasteiger partial charge in [0.05, 0.1) is 17.7 Å². The quantitative estimate of drug-likeness (QED) is 0.295. The van der Waals surface area contributed by atoms with E-state index in [0.717, 1.165) is 10.9 Å². The monoisotopic (exact) mass is 533 g/mol. The Hall–Kier alpha value is -4.88. The number of rotatable bonds is 7. The van der Waals surface area contributed by atoms with E-state index in [1.165, 1.54) is 19.1 Å². The topological polar surface area (TPSA) is 175 Å². The van der Waals surface area contributed by atoms with Crippen LogP contribution in [0.5, 0.6) is 0 Å². The highest BCUT2D eigenvalue weighted by molar-refractivity contribution is 5.95. The Morgan fingerprint density at radius 3 is 2.13 bits per heavy atom. The van der Waals surface area contributed by atoms with Gasteiger partial charge in [-0.05, 0) is 24.3 Å². The Bertz CT molecular complexity index is 1570. The Kier molecular flexibility index (Phi) is 7.17.